The van der Waals surface area contributed by atoms with E-state index in [2.05, 4.69) is 19.2 Å². The number of rotatable bonds is 5. The smallest absolute Gasteiger partial charge is 0.168 e. The number of benzene rings is 1. The molecule has 0 aromatic heterocycles. The molecule has 3 unspecified atom stereocenters. The van der Waals surface area contributed by atoms with Gasteiger partial charge in [0.15, 0.2) is 11.6 Å². The van der Waals surface area contributed by atoms with Crippen LogP contribution in [-0.4, -0.2) is 19.7 Å². The highest BCUT2D eigenvalue weighted by Gasteiger charge is 2.32. The molecule has 106 valence electrons. The zero-order valence-corrected chi connectivity index (χ0v) is 12.1. The topological polar surface area (TPSA) is 21.3 Å². The van der Waals surface area contributed by atoms with Crippen LogP contribution in [0.25, 0.3) is 0 Å². The van der Waals surface area contributed by atoms with Gasteiger partial charge in [-0.15, -0.1) is 0 Å². The lowest BCUT2D eigenvalue weighted by Gasteiger charge is -2.21. The lowest BCUT2D eigenvalue weighted by Crippen LogP contribution is -2.32. The summed E-state index contributed by atoms with van der Waals surface area (Å²) in [6, 6.07) is 6.02. The zero-order valence-electron chi connectivity index (χ0n) is 12.1. The summed E-state index contributed by atoms with van der Waals surface area (Å²) in [6.45, 7) is 5.43. The van der Waals surface area contributed by atoms with E-state index in [1.807, 2.05) is 12.1 Å². The molecule has 0 aliphatic heterocycles. The Labute approximate surface area is 115 Å². The van der Waals surface area contributed by atoms with Crippen molar-refractivity contribution in [2.45, 2.75) is 39.2 Å². The fraction of sp³-hybridized carbons (Fsp3) is 0.625. The van der Waals surface area contributed by atoms with Crippen LogP contribution in [0.4, 0.5) is 4.39 Å². The first kappa shape index (κ1) is 14.3. The van der Waals surface area contributed by atoms with Crippen molar-refractivity contribution in [3.63, 3.8) is 0 Å². The van der Waals surface area contributed by atoms with Crippen molar-refractivity contribution in [1.82, 2.24) is 5.32 Å². The molecular weight excluding hydrogens is 241 g/mol. The first-order chi connectivity index (χ1) is 9.17. The molecule has 2 nitrogen and oxygen atoms in total. The van der Waals surface area contributed by atoms with Gasteiger partial charge in [-0.2, -0.15) is 0 Å². The van der Waals surface area contributed by atoms with Gasteiger partial charge in [-0.05, 0) is 49.3 Å². The largest absolute Gasteiger partial charge is 0.494 e. The predicted octanol–water partition coefficient (Wildman–Crippen LogP) is 3.40. The minimum Gasteiger partial charge on any atom is -0.494 e. The number of hydrogen-bond acceptors (Lipinski definition) is 2. The van der Waals surface area contributed by atoms with Crippen molar-refractivity contribution in [2.75, 3.05) is 13.7 Å². The number of halogens is 1. The maximum atomic E-state index is 14.2. The molecule has 1 aliphatic rings. The molecule has 3 heteroatoms. The molecule has 1 fully saturated rings. The van der Waals surface area contributed by atoms with Gasteiger partial charge in [0.25, 0.3) is 0 Å². The molecule has 2 rings (SSSR count). The van der Waals surface area contributed by atoms with Gasteiger partial charge in [0.05, 0.1) is 7.11 Å². The molecule has 1 N–H and O–H groups in total. The number of ether oxygens (including phenoxy) is 1. The van der Waals surface area contributed by atoms with Crippen molar-refractivity contribution >= 4 is 0 Å². The van der Waals surface area contributed by atoms with E-state index in [9.17, 15) is 4.39 Å². The average molecular weight is 265 g/mol. The Morgan fingerprint density at radius 2 is 2.16 bits per heavy atom. The number of methoxy groups -OCH3 is 1. The third-order valence-electron chi connectivity index (χ3n) is 4.44. The van der Waals surface area contributed by atoms with E-state index >= 15 is 0 Å². The van der Waals surface area contributed by atoms with Crippen LogP contribution in [0.5, 0.6) is 5.75 Å². The fourth-order valence-electron chi connectivity index (χ4n) is 3.24. The standard InChI is InChI=1S/C16H24FNO/c1-4-18-14-9-8-12(11(14)2)10-13-6-5-7-15(19-3)16(13)17/h5-7,11-12,14,18H,4,8-10H2,1-3H3. The minimum absolute atomic E-state index is 0.191. The number of nitrogens with one attached hydrogen (secondary N) is 1. The van der Waals surface area contributed by atoms with Crippen LogP contribution in [0.15, 0.2) is 18.2 Å². The highest BCUT2D eigenvalue weighted by atomic mass is 19.1. The molecule has 0 bridgehead atoms. The van der Waals surface area contributed by atoms with Crippen molar-refractivity contribution < 1.29 is 9.13 Å². The van der Waals surface area contributed by atoms with E-state index in [4.69, 9.17) is 4.74 Å². The van der Waals surface area contributed by atoms with Gasteiger partial charge in [-0.25, -0.2) is 4.39 Å². The molecule has 3 atom stereocenters. The summed E-state index contributed by atoms with van der Waals surface area (Å²) in [4.78, 5) is 0. The first-order valence-electron chi connectivity index (χ1n) is 7.22. The SMILES string of the molecule is CCNC1CCC(Cc2cccc(OC)c2F)C1C. The van der Waals surface area contributed by atoms with Crippen LogP contribution in [0.2, 0.25) is 0 Å². The average Bonchev–Trinajstić information content (AvgIpc) is 2.74. The number of hydrogen-bond donors (Lipinski definition) is 1. The third kappa shape index (κ3) is 3.08. The van der Waals surface area contributed by atoms with E-state index in [1.54, 1.807) is 6.07 Å². The summed E-state index contributed by atoms with van der Waals surface area (Å²) in [7, 11) is 1.52. The van der Waals surface area contributed by atoms with Crippen LogP contribution in [0.1, 0.15) is 32.3 Å². The maximum absolute atomic E-state index is 14.2. The molecule has 0 spiro atoms. The van der Waals surface area contributed by atoms with Gasteiger partial charge >= 0.3 is 0 Å². The fourth-order valence-corrected chi connectivity index (χ4v) is 3.24. The molecule has 0 amide bonds. The third-order valence-corrected chi connectivity index (χ3v) is 4.44. The second kappa shape index (κ2) is 6.38. The van der Waals surface area contributed by atoms with Crippen LogP contribution < -0.4 is 10.1 Å². The monoisotopic (exact) mass is 265 g/mol. The Bertz CT molecular complexity index is 421. The lowest BCUT2D eigenvalue weighted by molar-refractivity contribution is 0.347. The molecule has 19 heavy (non-hydrogen) atoms. The van der Waals surface area contributed by atoms with Gasteiger partial charge < -0.3 is 10.1 Å². The molecular formula is C16H24FNO. The van der Waals surface area contributed by atoms with E-state index in [1.165, 1.54) is 20.0 Å². The van der Waals surface area contributed by atoms with E-state index in [-0.39, 0.29) is 5.82 Å². The maximum Gasteiger partial charge on any atom is 0.168 e. The Morgan fingerprint density at radius 3 is 2.84 bits per heavy atom. The Morgan fingerprint density at radius 1 is 1.37 bits per heavy atom. The summed E-state index contributed by atoms with van der Waals surface area (Å²) in [5.74, 6) is 1.33. The predicted molar refractivity (Wildman–Crippen MR) is 76.0 cm³/mol. The van der Waals surface area contributed by atoms with Gasteiger partial charge in [0.1, 0.15) is 0 Å². The van der Waals surface area contributed by atoms with Crippen molar-refractivity contribution in [1.29, 1.82) is 0 Å². The first-order valence-corrected chi connectivity index (χ1v) is 7.22. The Kier molecular flexibility index (Phi) is 4.81. The van der Waals surface area contributed by atoms with Crippen LogP contribution >= 0.6 is 0 Å². The molecule has 1 aromatic rings. The summed E-state index contributed by atoms with van der Waals surface area (Å²) >= 11 is 0. The van der Waals surface area contributed by atoms with Crippen molar-refractivity contribution in [3.05, 3.63) is 29.6 Å². The zero-order chi connectivity index (χ0) is 13.8. The highest BCUT2D eigenvalue weighted by Crippen LogP contribution is 2.35. The summed E-state index contributed by atoms with van der Waals surface area (Å²) in [5.41, 5.74) is 0.786. The van der Waals surface area contributed by atoms with Gasteiger partial charge in [0, 0.05) is 6.04 Å². The van der Waals surface area contributed by atoms with Crippen LogP contribution in [-0.2, 0) is 6.42 Å². The van der Waals surface area contributed by atoms with Gasteiger partial charge in [-0.3, -0.25) is 0 Å². The molecule has 1 aromatic carbocycles. The second-order valence-electron chi connectivity index (χ2n) is 5.50. The quantitative estimate of drug-likeness (QED) is 0.881. The van der Waals surface area contributed by atoms with E-state index in [0.717, 1.165) is 18.5 Å². The normalized spacial score (nSPS) is 26.6. The molecule has 1 aliphatic carbocycles. The van der Waals surface area contributed by atoms with Gasteiger partial charge in [0.2, 0.25) is 0 Å². The van der Waals surface area contributed by atoms with Crippen molar-refractivity contribution in [2.24, 2.45) is 11.8 Å². The van der Waals surface area contributed by atoms with Crippen molar-refractivity contribution in [3.8, 4) is 5.75 Å². The van der Waals surface area contributed by atoms with Crippen LogP contribution in [0.3, 0.4) is 0 Å². The molecule has 1 saturated carbocycles. The Hall–Kier alpha value is -1.09. The molecule has 0 heterocycles. The van der Waals surface area contributed by atoms with Crippen LogP contribution in [0, 0.1) is 17.7 Å². The summed E-state index contributed by atoms with van der Waals surface area (Å²) in [6.07, 6.45) is 3.19. The summed E-state index contributed by atoms with van der Waals surface area (Å²) in [5, 5.41) is 3.53. The second-order valence-corrected chi connectivity index (χ2v) is 5.50. The van der Waals surface area contributed by atoms with Gasteiger partial charge in [-0.1, -0.05) is 26.0 Å². The van der Waals surface area contributed by atoms with E-state index in [0.29, 0.717) is 23.6 Å². The minimum atomic E-state index is -0.191. The lowest BCUT2D eigenvalue weighted by atomic mass is 9.89. The summed E-state index contributed by atoms with van der Waals surface area (Å²) < 4.78 is 19.2. The highest BCUT2D eigenvalue weighted by molar-refractivity contribution is 5.31. The molecule has 0 saturated heterocycles. The molecule has 0 radical (unpaired) electrons. The Balaban J connectivity index is 2.06. The van der Waals surface area contributed by atoms with E-state index < -0.39 is 0 Å².